The fourth-order valence-corrected chi connectivity index (χ4v) is 3.58. The van der Waals surface area contributed by atoms with E-state index in [1.165, 1.54) is 11.1 Å². The lowest BCUT2D eigenvalue weighted by Gasteiger charge is -2.30. The fourth-order valence-electron chi connectivity index (χ4n) is 3.58. The Bertz CT molecular complexity index is 586. The molecule has 2 atom stereocenters. The Hall–Kier alpha value is -1.84. The zero-order valence-electron chi connectivity index (χ0n) is 14.0. The minimum atomic E-state index is -0.230. The summed E-state index contributed by atoms with van der Waals surface area (Å²) < 4.78 is 0. The third-order valence-electron chi connectivity index (χ3n) is 5.35. The van der Waals surface area contributed by atoms with E-state index in [1.807, 2.05) is 4.90 Å². The highest BCUT2D eigenvalue weighted by atomic mass is 16.2. The lowest BCUT2D eigenvalue weighted by atomic mass is 9.95. The first-order valence-corrected chi connectivity index (χ1v) is 8.65. The van der Waals surface area contributed by atoms with E-state index in [-0.39, 0.29) is 23.7 Å². The number of carbonyl (C=O) groups excluding carboxylic acids is 2. The van der Waals surface area contributed by atoms with Crippen LogP contribution in [0.3, 0.4) is 0 Å². The van der Waals surface area contributed by atoms with Crippen molar-refractivity contribution in [1.82, 2.24) is 4.90 Å². The molecule has 23 heavy (non-hydrogen) atoms. The average molecular weight is 314 g/mol. The number of carbonyl (C=O) groups is 2. The molecule has 1 aromatic carbocycles. The maximum Gasteiger partial charge on any atom is 0.226 e. The van der Waals surface area contributed by atoms with Gasteiger partial charge in [0.05, 0.1) is 0 Å². The van der Waals surface area contributed by atoms with Crippen LogP contribution in [0.2, 0.25) is 0 Å². The van der Waals surface area contributed by atoms with Crippen LogP contribution in [0.25, 0.3) is 0 Å². The predicted octanol–water partition coefficient (Wildman–Crippen LogP) is 2.64. The van der Waals surface area contributed by atoms with Gasteiger partial charge in [-0.1, -0.05) is 38.1 Å². The molecule has 1 aromatic rings. The maximum absolute atomic E-state index is 12.6. The van der Waals surface area contributed by atoms with Gasteiger partial charge in [-0.05, 0) is 42.2 Å². The smallest absolute Gasteiger partial charge is 0.226 e. The van der Waals surface area contributed by atoms with E-state index in [1.54, 1.807) is 0 Å². The third-order valence-corrected chi connectivity index (χ3v) is 5.35. The van der Waals surface area contributed by atoms with Crippen molar-refractivity contribution in [2.24, 2.45) is 17.6 Å². The molecule has 2 unspecified atom stereocenters. The Balaban J connectivity index is 1.56. The number of likely N-dealkylation sites (tertiary alicyclic amines) is 1. The van der Waals surface area contributed by atoms with Gasteiger partial charge in [0.15, 0.2) is 0 Å². The first kappa shape index (κ1) is 16.0. The van der Waals surface area contributed by atoms with E-state index in [0.29, 0.717) is 37.8 Å². The molecular formula is C19H26N2O2. The van der Waals surface area contributed by atoms with Gasteiger partial charge in [0.1, 0.15) is 0 Å². The first-order chi connectivity index (χ1) is 11.0. The number of primary amides is 1. The molecule has 0 bridgehead atoms. The summed E-state index contributed by atoms with van der Waals surface area (Å²) in [5.74, 6) is 1.00. The topological polar surface area (TPSA) is 63.4 Å². The van der Waals surface area contributed by atoms with E-state index < -0.39 is 0 Å². The van der Waals surface area contributed by atoms with Crippen molar-refractivity contribution in [1.29, 1.82) is 0 Å². The molecule has 4 heteroatoms. The molecule has 1 heterocycles. The molecule has 1 aliphatic heterocycles. The molecule has 2 N–H and O–H groups in total. The summed E-state index contributed by atoms with van der Waals surface area (Å²) in [4.78, 5) is 25.7. The van der Waals surface area contributed by atoms with Crippen LogP contribution in [0.1, 0.15) is 56.1 Å². The summed E-state index contributed by atoms with van der Waals surface area (Å²) in [5, 5.41) is 0. The van der Waals surface area contributed by atoms with Crippen molar-refractivity contribution in [3.05, 3.63) is 35.4 Å². The first-order valence-electron chi connectivity index (χ1n) is 8.65. The highest BCUT2D eigenvalue weighted by Crippen LogP contribution is 2.48. The molecule has 124 valence electrons. The highest BCUT2D eigenvalue weighted by Gasteiger charge is 2.46. The van der Waals surface area contributed by atoms with Gasteiger partial charge in [0, 0.05) is 24.9 Å². The Morgan fingerprint density at radius 1 is 1.13 bits per heavy atom. The Morgan fingerprint density at radius 2 is 1.74 bits per heavy atom. The second kappa shape index (κ2) is 6.34. The molecule has 3 rings (SSSR count). The Labute approximate surface area is 138 Å². The minimum Gasteiger partial charge on any atom is -0.369 e. The molecule has 0 radical (unpaired) electrons. The van der Waals surface area contributed by atoms with Crippen molar-refractivity contribution in [2.75, 3.05) is 13.1 Å². The van der Waals surface area contributed by atoms with Crippen LogP contribution < -0.4 is 5.73 Å². The van der Waals surface area contributed by atoms with Crippen molar-refractivity contribution < 1.29 is 9.59 Å². The van der Waals surface area contributed by atoms with Crippen LogP contribution in [0.5, 0.6) is 0 Å². The summed E-state index contributed by atoms with van der Waals surface area (Å²) in [6.45, 7) is 5.71. The van der Waals surface area contributed by atoms with E-state index in [0.717, 1.165) is 6.42 Å². The number of hydrogen-bond donors (Lipinski definition) is 1. The standard InChI is InChI=1S/C19H26N2O2/c1-12(2)13-3-5-14(6-4-13)16-11-17(16)19(23)21-9-7-15(8-10-21)18(20)22/h3-6,12,15-17H,7-11H2,1-2H3,(H2,20,22). The van der Waals surface area contributed by atoms with Gasteiger partial charge in [0.25, 0.3) is 0 Å². The van der Waals surface area contributed by atoms with Crippen LogP contribution in [0.4, 0.5) is 0 Å². The van der Waals surface area contributed by atoms with Crippen LogP contribution in [-0.2, 0) is 9.59 Å². The number of nitrogens with zero attached hydrogens (tertiary/aromatic N) is 1. The molecule has 2 fully saturated rings. The highest BCUT2D eigenvalue weighted by molar-refractivity contribution is 5.83. The van der Waals surface area contributed by atoms with Crippen LogP contribution >= 0.6 is 0 Å². The van der Waals surface area contributed by atoms with E-state index >= 15 is 0 Å². The van der Waals surface area contributed by atoms with Gasteiger partial charge in [-0.15, -0.1) is 0 Å². The minimum absolute atomic E-state index is 0.0578. The molecule has 0 spiro atoms. The Kier molecular flexibility index (Phi) is 4.42. The van der Waals surface area contributed by atoms with Gasteiger partial charge in [-0.2, -0.15) is 0 Å². The zero-order valence-corrected chi connectivity index (χ0v) is 14.0. The number of rotatable bonds is 4. The molecule has 4 nitrogen and oxygen atoms in total. The molecule has 1 saturated carbocycles. The second-order valence-corrected chi connectivity index (χ2v) is 7.27. The molecular weight excluding hydrogens is 288 g/mol. The van der Waals surface area contributed by atoms with Crippen LogP contribution in [0, 0.1) is 11.8 Å². The quantitative estimate of drug-likeness (QED) is 0.928. The van der Waals surface area contributed by atoms with Crippen LogP contribution in [0.15, 0.2) is 24.3 Å². The molecule has 2 amide bonds. The van der Waals surface area contributed by atoms with E-state index in [2.05, 4.69) is 38.1 Å². The second-order valence-electron chi connectivity index (χ2n) is 7.27. The summed E-state index contributed by atoms with van der Waals surface area (Å²) in [6.07, 6.45) is 2.37. The molecule has 1 aliphatic carbocycles. The molecule has 2 aliphatic rings. The van der Waals surface area contributed by atoms with Gasteiger partial charge in [-0.25, -0.2) is 0 Å². The van der Waals surface area contributed by atoms with Crippen molar-refractivity contribution in [3.63, 3.8) is 0 Å². The number of piperidine rings is 1. The Morgan fingerprint density at radius 3 is 2.26 bits per heavy atom. The van der Waals surface area contributed by atoms with Gasteiger partial charge < -0.3 is 10.6 Å². The van der Waals surface area contributed by atoms with Crippen molar-refractivity contribution in [2.45, 2.75) is 44.9 Å². The SMILES string of the molecule is CC(C)c1ccc(C2CC2C(=O)N2CCC(C(N)=O)CC2)cc1. The number of amides is 2. The average Bonchev–Trinajstić information content (AvgIpc) is 3.35. The van der Waals surface area contributed by atoms with E-state index in [9.17, 15) is 9.59 Å². The fraction of sp³-hybridized carbons (Fsp3) is 0.579. The summed E-state index contributed by atoms with van der Waals surface area (Å²) in [7, 11) is 0. The molecule has 1 saturated heterocycles. The zero-order chi connectivity index (χ0) is 16.6. The normalized spacial score (nSPS) is 24.7. The molecule has 0 aromatic heterocycles. The largest absolute Gasteiger partial charge is 0.369 e. The maximum atomic E-state index is 12.6. The van der Waals surface area contributed by atoms with Gasteiger partial charge in [-0.3, -0.25) is 9.59 Å². The lowest BCUT2D eigenvalue weighted by Crippen LogP contribution is -2.42. The van der Waals surface area contributed by atoms with Crippen molar-refractivity contribution in [3.8, 4) is 0 Å². The third kappa shape index (κ3) is 3.41. The predicted molar refractivity (Wildman–Crippen MR) is 89.9 cm³/mol. The summed E-state index contributed by atoms with van der Waals surface area (Å²) >= 11 is 0. The monoisotopic (exact) mass is 314 g/mol. The lowest BCUT2D eigenvalue weighted by molar-refractivity contribution is -0.136. The number of nitrogens with two attached hydrogens (primary N) is 1. The number of benzene rings is 1. The van der Waals surface area contributed by atoms with Gasteiger partial charge in [0.2, 0.25) is 11.8 Å². The van der Waals surface area contributed by atoms with Crippen molar-refractivity contribution >= 4 is 11.8 Å². The summed E-state index contributed by atoms with van der Waals surface area (Å²) in [5.41, 5.74) is 7.97. The van der Waals surface area contributed by atoms with E-state index in [4.69, 9.17) is 5.73 Å². The van der Waals surface area contributed by atoms with Gasteiger partial charge >= 0.3 is 0 Å². The number of hydrogen-bond acceptors (Lipinski definition) is 2. The summed E-state index contributed by atoms with van der Waals surface area (Å²) in [6, 6.07) is 8.70. The van der Waals surface area contributed by atoms with Crippen LogP contribution in [-0.4, -0.2) is 29.8 Å².